The number of aromatic nitrogens is 3. The summed E-state index contributed by atoms with van der Waals surface area (Å²) < 4.78 is 1.64. The topological polar surface area (TPSA) is 54.3 Å². The predicted octanol–water partition coefficient (Wildman–Crippen LogP) is 2.75. The third-order valence-corrected chi connectivity index (χ3v) is 5.55. The molecular formula is C22H25N5O. The van der Waals surface area contributed by atoms with Crippen molar-refractivity contribution in [1.29, 1.82) is 0 Å². The number of aryl methyl sites for hydroxylation is 1. The second-order valence-corrected chi connectivity index (χ2v) is 7.62. The lowest BCUT2D eigenvalue weighted by molar-refractivity contribution is 0.0782. The quantitative estimate of drug-likeness (QED) is 0.704. The smallest absolute Gasteiger partial charge is 0.256 e. The number of carbonyl (C=O) groups excluding carboxylic acids is 1. The van der Waals surface area contributed by atoms with Crippen LogP contribution in [0.2, 0.25) is 0 Å². The molecule has 3 aromatic rings. The Morgan fingerprint density at radius 3 is 2.50 bits per heavy atom. The molecule has 0 radical (unpaired) electrons. The van der Waals surface area contributed by atoms with Crippen molar-refractivity contribution in [1.82, 2.24) is 24.6 Å². The van der Waals surface area contributed by atoms with Crippen LogP contribution in [0.3, 0.4) is 0 Å². The van der Waals surface area contributed by atoms with Gasteiger partial charge in [0.15, 0.2) is 0 Å². The maximum atomic E-state index is 13.4. The second kappa shape index (κ2) is 7.56. The van der Waals surface area contributed by atoms with Gasteiger partial charge in [0.2, 0.25) is 0 Å². The zero-order valence-electron chi connectivity index (χ0n) is 16.5. The second-order valence-electron chi connectivity index (χ2n) is 7.62. The zero-order valence-corrected chi connectivity index (χ0v) is 16.5. The number of hydrogen-bond acceptors (Lipinski definition) is 4. The first-order valence-electron chi connectivity index (χ1n) is 9.51. The molecule has 6 heteroatoms. The molecule has 144 valence electrons. The van der Waals surface area contributed by atoms with Crippen LogP contribution in [0.25, 0.3) is 5.69 Å². The first-order chi connectivity index (χ1) is 13.5. The summed E-state index contributed by atoms with van der Waals surface area (Å²) in [6.45, 7) is 3.51. The highest BCUT2D eigenvalue weighted by Gasteiger charge is 2.38. The molecule has 1 fully saturated rings. The Balaban J connectivity index is 1.64. The van der Waals surface area contributed by atoms with Crippen molar-refractivity contribution >= 4 is 5.91 Å². The lowest BCUT2D eigenvalue weighted by atomic mass is 9.93. The fourth-order valence-electron chi connectivity index (χ4n) is 3.97. The summed E-state index contributed by atoms with van der Waals surface area (Å²) in [6, 6.07) is 16.5. The minimum absolute atomic E-state index is 0.0348. The van der Waals surface area contributed by atoms with E-state index in [9.17, 15) is 4.79 Å². The number of likely N-dealkylation sites (tertiary alicyclic amines) is 1. The fourth-order valence-corrected chi connectivity index (χ4v) is 3.97. The monoisotopic (exact) mass is 375 g/mol. The summed E-state index contributed by atoms with van der Waals surface area (Å²) in [5.41, 5.74) is 3.93. The van der Waals surface area contributed by atoms with Gasteiger partial charge in [0.1, 0.15) is 12.7 Å². The molecule has 1 aromatic heterocycles. The molecule has 1 aliphatic rings. The molecule has 4 rings (SSSR count). The van der Waals surface area contributed by atoms with E-state index in [1.807, 2.05) is 29.2 Å². The standard InChI is InChI=1S/C22H25N5O/c1-16-8-10-17(11-9-16)19-12-26(13-21(19)25(2)3)22(28)18-6-4-5-7-20(18)27-15-23-14-24-27/h4-11,14-15,19,21H,12-13H2,1-3H3/t19-,21+/m0/s1. The molecule has 2 atom stereocenters. The summed E-state index contributed by atoms with van der Waals surface area (Å²) in [4.78, 5) is 21.6. The molecule has 0 aliphatic carbocycles. The van der Waals surface area contributed by atoms with Gasteiger partial charge in [0.25, 0.3) is 5.91 Å². The highest BCUT2D eigenvalue weighted by atomic mass is 16.2. The highest BCUT2D eigenvalue weighted by Crippen LogP contribution is 2.32. The van der Waals surface area contributed by atoms with Crippen molar-refractivity contribution in [3.63, 3.8) is 0 Å². The molecule has 1 saturated heterocycles. The van der Waals surface area contributed by atoms with Crippen LogP contribution in [-0.2, 0) is 0 Å². The first-order valence-corrected chi connectivity index (χ1v) is 9.51. The molecule has 1 aliphatic heterocycles. The van der Waals surface area contributed by atoms with Gasteiger partial charge < -0.3 is 9.80 Å². The normalized spacial score (nSPS) is 19.4. The Bertz CT molecular complexity index is 949. The third kappa shape index (κ3) is 3.43. The van der Waals surface area contributed by atoms with Gasteiger partial charge in [-0.3, -0.25) is 4.79 Å². The SMILES string of the molecule is Cc1ccc([C@@H]2CN(C(=O)c3ccccc3-n3cncn3)C[C@H]2N(C)C)cc1. The van der Waals surface area contributed by atoms with Crippen LogP contribution in [0.4, 0.5) is 0 Å². The Hall–Kier alpha value is -2.99. The molecule has 2 heterocycles. The summed E-state index contributed by atoms with van der Waals surface area (Å²) in [7, 11) is 4.17. The molecule has 0 unspecified atom stereocenters. The minimum Gasteiger partial charge on any atom is -0.336 e. The summed E-state index contributed by atoms with van der Waals surface area (Å²) in [5, 5.41) is 4.20. The lowest BCUT2D eigenvalue weighted by Crippen LogP contribution is -2.36. The zero-order chi connectivity index (χ0) is 19.7. The summed E-state index contributed by atoms with van der Waals surface area (Å²) in [6.07, 6.45) is 3.10. The van der Waals surface area contributed by atoms with Gasteiger partial charge in [0.05, 0.1) is 11.3 Å². The number of carbonyl (C=O) groups is 1. The molecule has 0 bridgehead atoms. The summed E-state index contributed by atoms with van der Waals surface area (Å²) in [5.74, 6) is 0.325. The van der Waals surface area contributed by atoms with Gasteiger partial charge in [0, 0.05) is 25.0 Å². The Labute approximate surface area is 165 Å². The lowest BCUT2D eigenvalue weighted by Gasteiger charge is -2.25. The van der Waals surface area contributed by atoms with E-state index in [2.05, 4.69) is 60.3 Å². The van der Waals surface area contributed by atoms with E-state index in [0.717, 1.165) is 5.69 Å². The maximum Gasteiger partial charge on any atom is 0.256 e. The number of hydrogen-bond donors (Lipinski definition) is 0. The number of likely N-dealkylation sites (N-methyl/N-ethyl adjacent to an activating group) is 1. The van der Waals surface area contributed by atoms with Crippen LogP contribution < -0.4 is 0 Å². The molecule has 0 saturated carbocycles. The average Bonchev–Trinajstić information content (AvgIpc) is 3.38. The first kappa shape index (κ1) is 18.4. The van der Waals surface area contributed by atoms with Crippen molar-refractivity contribution in [2.45, 2.75) is 18.9 Å². The number of amides is 1. The fraction of sp³-hybridized carbons (Fsp3) is 0.318. The summed E-state index contributed by atoms with van der Waals surface area (Å²) >= 11 is 0. The third-order valence-electron chi connectivity index (χ3n) is 5.55. The van der Waals surface area contributed by atoms with Crippen LogP contribution in [-0.4, -0.2) is 63.7 Å². The van der Waals surface area contributed by atoms with Gasteiger partial charge in [-0.2, -0.15) is 5.10 Å². The number of benzene rings is 2. The van der Waals surface area contributed by atoms with Gasteiger partial charge in [-0.25, -0.2) is 9.67 Å². The molecule has 2 aromatic carbocycles. The van der Waals surface area contributed by atoms with E-state index in [4.69, 9.17) is 0 Å². The van der Waals surface area contributed by atoms with Crippen molar-refractivity contribution < 1.29 is 4.79 Å². The Kier molecular flexibility index (Phi) is 4.96. The van der Waals surface area contributed by atoms with Crippen LogP contribution in [0, 0.1) is 6.92 Å². The molecular weight excluding hydrogens is 350 g/mol. The highest BCUT2D eigenvalue weighted by molar-refractivity contribution is 5.98. The van der Waals surface area contributed by atoms with Crippen LogP contribution in [0.15, 0.2) is 61.2 Å². The maximum absolute atomic E-state index is 13.4. The van der Waals surface area contributed by atoms with E-state index >= 15 is 0 Å². The van der Waals surface area contributed by atoms with Crippen molar-refractivity contribution in [2.75, 3.05) is 27.2 Å². The van der Waals surface area contributed by atoms with Crippen LogP contribution in [0.5, 0.6) is 0 Å². The van der Waals surface area contributed by atoms with E-state index in [1.54, 1.807) is 11.0 Å². The number of nitrogens with zero attached hydrogens (tertiary/aromatic N) is 5. The van der Waals surface area contributed by atoms with E-state index in [1.165, 1.54) is 17.5 Å². The molecule has 28 heavy (non-hydrogen) atoms. The van der Waals surface area contributed by atoms with Gasteiger partial charge in [-0.05, 0) is 38.7 Å². The van der Waals surface area contributed by atoms with Crippen molar-refractivity contribution in [3.8, 4) is 5.69 Å². The van der Waals surface area contributed by atoms with Crippen molar-refractivity contribution in [2.24, 2.45) is 0 Å². The molecule has 0 spiro atoms. The molecule has 6 nitrogen and oxygen atoms in total. The number of para-hydroxylation sites is 1. The number of rotatable bonds is 4. The van der Waals surface area contributed by atoms with Crippen LogP contribution in [0.1, 0.15) is 27.4 Å². The average molecular weight is 375 g/mol. The molecule has 0 N–H and O–H groups in total. The molecule has 1 amide bonds. The van der Waals surface area contributed by atoms with E-state index in [-0.39, 0.29) is 17.9 Å². The largest absolute Gasteiger partial charge is 0.336 e. The van der Waals surface area contributed by atoms with Crippen molar-refractivity contribution in [3.05, 3.63) is 77.9 Å². The Morgan fingerprint density at radius 2 is 1.82 bits per heavy atom. The Morgan fingerprint density at radius 1 is 1.07 bits per heavy atom. The van der Waals surface area contributed by atoms with E-state index < -0.39 is 0 Å². The van der Waals surface area contributed by atoms with Gasteiger partial charge in [-0.15, -0.1) is 0 Å². The van der Waals surface area contributed by atoms with E-state index in [0.29, 0.717) is 18.7 Å². The van der Waals surface area contributed by atoms with Gasteiger partial charge >= 0.3 is 0 Å². The predicted molar refractivity (Wildman–Crippen MR) is 109 cm³/mol. The van der Waals surface area contributed by atoms with Gasteiger partial charge in [-0.1, -0.05) is 42.0 Å². The van der Waals surface area contributed by atoms with Crippen LogP contribution >= 0.6 is 0 Å². The minimum atomic E-state index is 0.0348.